The van der Waals surface area contributed by atoms with Gasteiger partial charge in [0.05, 0.1) is 25.7 Å². The summed E-state index contributed by atoms with van der Waals surface area (Å²) in [4.78, 5) is 12.7. The molecule has 0 aromatic heterocycles. The molecule has 0 spiro atoms. The number of benzene rings is 2. The number of hydrogen-bond donors (Lipinski definition) is 1. The lowest BCUT2D eigenvalue weighted by Gasteiger charge is -2.21. The maximum Gasteiger partial charge on any atom is 0.292 e. The molecule has 1 heterocycles. The zero-order valence-electron chi connectivity index (χ0n) is 14.9. The molecule has 2 aromatic rings. The second-order valence-corrected chi connectivity index (χ2v) is 7.76. The van der Waals surface area contributed by atoms with Crippen LogP contribution >= 0.6 is 0 Å². The SMILES string of the molecule is COc1ccc(OC)c(NC(=O)C2=C(c3ccccc3)S(=O)(=O)CCO2)c1. The normalized spacial score (nSPS) is 15.6. The molecule has 0 saturated heterocycles. The van der Waals surface area contributed by atoms with Gasteiger partial charge in [-0.15, -0.1) is 0 Å². The third-order valence-corrected chi connectivity index (χ3v) is 5.76. The average Bonchev–Trinajstić information content (AvgIpc) is 2.67. The Balaban J connectivity index is 2.05. The highest BCUT2D eigenvalue weighted by molar-refractivity contribution is 8.00. The van der Waals surface area contributed by atoms with E-state index in [9.17, 15) is 13.2 Å². The number of methoxy groups -OCH3 is 2. The molecule has 0 atom stereocenters. The zero-order chi connectivity index (χ0) is 19.4. The Hall–Kier alpha value is -3.00. The monoisotopic (exact) mass is 389 g/mol. The van der Waals surface area contributed by atoms with Gasteiger partial charge in [-0.1, -0.05) is 30.3 Å². The van der Waals surface area contributed by atoms with Crippen LogP contribution in [0.4, 0.5) is 5.69 Å². The smallest absolute Gasteiger partial charge is 0.292 e. The van der Waals surface area contributed by atoms with Crippen molar-refractivity contribution in [2.24, 2.45) is 0 Å². The molecule has 0 fully saturated rings. The average molecular weight is 389 g/mol. The minimum absolute atomic E-state index is 0.0866. The molecule has 1 aliphatic heterocycles. The molecule has 27 heavy (non-hydrogen) atoms. The van der Waals surface area contributed by atoms with E-state index in [0.717, 1.165) is 0 Å². The van der Waals surface area contributed by atoms with Gasteiger partial charge >= 0.3 is 0 Å². The lowest BCUT2D eigenvalue weighted by molar-refractivity contribution is -0.115. The fourth-order valence-electron chi connectivity index (χ4n) is 2.72. The van der Waals surface area contributed by atoms with E-state index in [2.05, 4.69) is 5.32 Å². The van der Waals surface area contributed by atoms with E-state index in [4.69, 9.17) is 14.2 Å². The van der Waals surface area contributed by atoms with Crippen molar-refractivity contribution in [2.75, 3.05) is 31.9 Å². The van der Waals surface area contributed by atoms with Crippen LogP contribution in [-0.2, 0) is 19.4 Å². The van der Waals surface area contributed by atoms with Crippen LogP contribution in [0.1, 0.15) is 5.56 Å². The van der Waals surface area contributed by atoms with Crippen molar-refractivity contribution < 1.29 is 27.4 Å². The largest absolute Gasteiger partial charge is 0.497 e. The minimum Gasteiger partial charge on any atom is -0.497 e. The Kier molecular flexibility index (Phi) is 5.36. The highest BCUT2D eigenvalue weighted by Gasteiger charge is 2.33. The predicted octanol–water partition coefficient (Wildman–Crippen LogP) is 2.46. The van der Waals surface area contributed by atoms with Crippen LogP contribution in [0.25, 0.3) is 4.91 Å². The molecule has 142 valence electrons. The van der Waals surface area contributed by atoms with Gasteiger partial charge in [0.25, 0.3) is 5.91 Å². The number of carbonyl (C=O) groups is 1. The van der Waals surface area contributed by atoms with Gasteiger partial charge < -0.3 is 19.5 Å². The number of carbonyl (C=O) groups excluding carboxylic acids is 1. The summed E-state index contributed by atoms with van der Waals surface area (Å²) in [7, 11) is -0.687. The van der Waals surface area contributed by atoms with Crippen LogP contribution in [0.2, 0.25) is 0 Å². The Morgan fingerprint density at radius 3 is 2.48 bits per heavy atom. The molecule has 0 saturated carbocycles. The second kappa shape index (κ2) is 7.71. The summed E-state index contributed by atoms with van der Waals surface area (Å²) in [5.74, 6) is -0.178. The van der Waals surface area contributed by atoms with Crippen LogP contribution in [0.15, 0.2) is 54.3 Å². The maximum absolute atomic E-state index is 12.9. The van der Waals surface area contributed by atoms with Crippen LogP contribution in [0.3, 0.4) is 0 Å². The fraction of sp³-hybridized carbons (Fsp3) is 0.211. The van der Waals surface area contributed by atoms with Crippen LogP contribution in [-0.4, -0.2) is 40.9 Å². The summed E-state index contributed by atoms with van der Waals surface area (Å²) in [6, 6.07) is 13.3. The Bertz CT molecular complexity index is 983. The van der Waals surface area contributed by atoms with Crippen LogP contribution in [0, 0.1) is 0 Å². The first-order valence-electron chi connectivity index (χ1n) is 8.15. The van der Waals surface area contributed by atoms with E-state index in [1.165, 1.54) is 14.2 Å². The molecule has 1 aliphatic rings. The van der Waals surface area contributed by atoms with Crippen molar-refractivity contribution in [1.29, 1.82) is 0 Å². The maximum atomic E-state index is 12.9. The molecule has 0 unspecified atom stereocenters. The van der Waals surface area contributed by atoms with E-state index < -0.39 is 15.7 Å². The molecule has 1 N–H and O–H groups in total. The lowest BCUT2D eigenvalue weighted by atomic mass is 10.2. The molecule has 0 bridgehead atoms. The van der Waals surface area contributed by atoms with Crippen LogP contribution < -0.4 is 14.8 Å². The van der Waals surface area contributed by atoms with Crippen molar-refractivity contribution in [3.63, 3.8) is 0 Å². The van der Waals surface area contributed by atoms with Gasteiger partial charge in [-0.3, -0.25) is 4.79 Å². The van der Waals surface area contributed by atoms with Gasteiger partial charge in [0, 0.05) is 6.07 Å². The first-order chi connectivity index (χ1) is 13.0. The molecule has 0 radical (unpaired) electrons. The van der Waals surface area contributed by atoms with Gasteiger partial charge in [-0.05, 0) is 17.7 Å². The number of rotatable bonds is 5. The summed E-state index contributed by atoms with van der Waals surface area (Å²) in [6.07, 6.45) is 0. The Labute approximate surface area is 157 Å². The molecular weight excluding hydrogens is 370 g/mol. The van der Waals surface area contributed by atoms with Crippen molar-refractivity contribution in [1.82, 2.24) is 0 Å². The topological polar surface area (TPSA) is 90.9 Å². The number of anilines is 1. The van der Waals surface area contributed by atoms with E-state index in [1.54, 1.807) is 48.5 Å². The second-order valence-electron chi connectivity index (χ2n) is 5.71. The van der Waals surface area contributed by atoms with E-state index in [0.29, 0.717) is 22.7 Å². The van der Waals surface area contributed by atoms with Crippen molar-refractivity contribution in [3.8, 4) is 11.5 Å². The summed E-state index contributed by atoms with van der Waals surface area (Å²) < 4.78 is 41.1. The minimum atomic E-state index is -3.65. The van der Waals surface area contributed by atoms with Crippen molar-refractivity contribution in [2.45, 2.75) is 0 Å². The molecule has 3 rings (SSSR count). The van der Waals surface area contributed by atoms with Gasteiger partial charge in [0.2, 0.25) is 5.76 Å². The van der Waals surface area contributed by atoms with Gasteiger partial charge in [0.1, 0.15) is 23.0 Å². The molecule has 8 heteroatoms. The predicted molar refractivity (Wildman–Crippen MR) is 101 cm³/mol. The Morgan fingerprint density at radius 1 is 1.07 bits per heavy atom. The number of sulfone groups is 1. The lowest BCUT2D eigenvalue weighted by Crippen LogP contribution is -2.28. The van der Waals surface area contributed by atoms with Gasteiger partial charge in [-0.25, -0.2) is 8.42 Å². The summed E-state index contributed by atoms with van der Waals surface area (Å²) >= 11 is 0. The first kappa shape index (κ1) is 18.8. The summed E-state index contributed by atoms with van der Waals surface area (Å²) in [6.45, 7) is -0.0866. The van der Waals surface area contributed by atoms with Gasteiger partial charge in [-0.2, -0.15) is 0 Å². The fourth-order valence-corrected chi connectivity index (χ4v) is 4.16. The quantitative estimate of drug-likeness (QED) is 0.845. The van der Waals surface area contributed by atoms with E-state index >= 15 is 0 Å². The molecular formula is C19H19NO6S. The van der Waals surface area contributed by atoms with Crippen molar-refractivity contribution in [3.05, 3.63) is 59.9 Å². The first-order valence-corrected chi connectivity index (χ1v) is 9.80. The van der Waals surface area contributed by atoms with Crippen molar-refractivity contribution >= 4 is 26.3 Å². The van der Waals surface area contributed by atoms with E-state index in [-0.39, 0.29) is 23.0 Å². The summed E-state index contributed by atoms with van der Waals surface area (Å²) in [5, 5.41) is 2.65. The highest BCUT2D eigenvalue weighted by atomic mass is 32.2. The number of ether oxygens (including phenoxy) is 3. The number of nitrogens with one attached hydrogen (secondary N) is 1. The standard InChI is InChI=1S/C19H19NO6S/c1-24-14-8-9-16(25-2)15(12-14)20-19(21)17-18(13-6-4-3-5-7-13)27(22,23)11-10-26-17/h3-9,12H,10-11H2,1-2H3,(H,20,21). The molecule has 0 aliphatic carbocycles. The van der Waals surface area contributed by atoms with Gasteiger partial charge in [0.15, 0.2) is 9.84 Å². The third kappa shape index (κ3) is 3.90. The third-order valence-electron chi connectivity index (χ3n) is 4.01. The summed E-state index contributed by atoms with van der Waals surface area (Å²) in [5.41, 5.74) is 0.744. The molecule has 7 nitrogen and oxygen atoms in total. The van der Waals surface area contributed by atoms with Crippen LogP contribution in [0.5, 0.6) is 11.5 Å². The molecule has 2 aromatic carbocycles. The molecule has 1 amide bonds. The number of hydrogen-bond acceptors (Lipinski definition) is 6. The highest BCUT2D eigenvalue weighted by Crippen LogP contribution is 2.33. The van der Waals surface area contributed by atoms with E-state index in [1.807, 2.05) is 0 Å². The zero-order valence-corrected chi connectivity index (χ0v) is 15.7. The number of amides is 1. The Morgan fingerprint density at radius 2 is 1.81 bits per heavy atom.